The minimum absolute atomic E-state index is 0.0127. The Hall–Kier alpha value is -2.54. The van der Waals surface area contributed by atoms with Crippen LogP contribution >= 0.6 is 0 Å². The minimum atomic E-state index is -0.221. The summed E-state index contributed by atoms with van der Waals surface area (Å²) in [6.07, 6.45) is 0.850. The molecule has 2 aromatic rings. The van der Waals surface area contributed by atoms with E-state index in [4.69, 9.17) is 0 Å². The summed E-state index contributed by atoms with van der Waals surface area (Å²) < 4.78 is 0. The zero-order valence-electron chi connectivity index (χ0n) is 13.2. The van der Waals surface area contributed by atoms with Gasteiger partial charge in [-0.1, -0.05) is 0 Å². The highest BCUT2D eigenvalue weighted by atomic mass is 16.2. The van der Waals surface area contributed by atoms with Crippen molar-refractivity contribution >= 4 is 11.7 Å². The van der Waals surface area contributed by atoms with Crippen LogP contribution in [-0.4, -0.2) is 33.4 Å². The molecule has 2 aromatic heterocycles. The fraction of sp³-hybridized carbons (Fsp3) is 0.375. The van der Waals surface area contributed by atoms with Crippen LogP contribution in [0.3, 0.4) is 0 Å². The summed E-state index contributed by atoms with van der Waals surface area (Å²) in [5, 5.41) is 13.1. The minimum Gasteiger partial charge on any atom is -0.345 e. The Kier molecular flexibility index (Phi) is 4.20. The highest BCUT2D eigenvalue weighted by Gasteiger charge is 2.21. The monoisotopic (exact) mass is 313 g/mol. The first kappa shape index (κ1) is 15.4. The lowest BCUT2D eigenvalue weighted by Crippen LogP contribution is -2.28. The Balaban J connectivity index is 1.69. The molecule has 7 nitrogen and oxygen atoms in total. The van der Waals surface area contributed by atoms with Gasteiger partial charge in [0.15, 0.2) is 11.5 Å². The smallest absolute Gasteiger partial charge is 0.272 e. The number of aryl methyl sites for hydroxylation is 1. The lowest BCUT2D eigenvalue weighted by atomic mass is 10.1. The zero-order valence-corrected chi connectivity index (χ0v) is 13.2. The Morgan fingerprint density at radius 1 is 1.35 bits per heavy atom. The maximum absolute atomic E-state index is 12.3. The van der Waals surface area contributed by atoms with Gasteiger partial charge in [-0.15, -0.1) is 0 Å². The number of fused-ring (bicyclic) bond motifs is 1. The van der Waals surface area contributed by atoms with E-state index in [2.05, 4.69) is 25.8 Å². The van der Waals surface area contributed by atoms with Gasteiger partial charge in [-0.25, -0.2) is 0 Å². The number of amides is 1. The van der Waals surface area contributed by atoms with E-state index in [0.29, 0.717) is 35.7 Å². The Labute approximate surface area is 133 Å². The second-order valence-electron chi connectivity index (χ2n) is 5.63. The van der Waals surface area contributed by atoms with Crippen LogP contribution in [0.1, 0.15) is 50.4 Å². The zero-order chi connectivity index (χ0) is 16.4. The molecule has 3 rings (SSSR count). The normalized spacial score (nSPS) is 13.5. The molecule has 1 aliphatic rings. The highest BCUT2D eigenvalue weighted by Crippen LogP contribution is 2.15. The number of rotatable bonds is 4. The molecular formula is C16H19N5O2. The number of carbonyl (C=O) groups excluding carboxylic acids is 2. The number of pyridine rings is 1. The third-order valence-corrected chi connectivity index (χ3v) is 3.97. The van der Waals surface area contributed by atoms with Crippen LogP contribution in [0.5, 0.6) is 0 Å². The second kappa shape index (κ2) is 6.29. The third kappa shape index (κ3) is 3.14. The van der Waals surface area contributed by atoms with Gasteiger partial charge in [-0.3, -0.25) is 19.7 Å². The molecular weight excluding hydrogens is 294 g/mol. The Bertz CT molecular complexity index is 766. The van der Waals surface area contributed by atoms with E-state index >= 15 is 0 Å². The van der Waals surface area contributed by atoms with Crippen LogP contribution in [0.15, 0.2) is 12.1 Å². The summed E-state index contributed by atoms with van der Waals surface area (Å²) in [6.45, 7) is 5.14. The van der Waals surface area contributed by atoms with Gasteiger partial charge in [-0.2, -0.15) is 5.10 Å². The number of Topliss-reactive ketones (excluding diaryl/α,β-unsaturated/α-hetero) is 1. The number of nitrogens with zero attached hydrogens (tertiary/aromatic N) is 2. The maximum Gasteiger partial charge on any atom is 0.272 e. The SMILES string of the molecule is CC(=O)c1ccc(CNC(=O)c2n[nH]c3c2CNCC3)nc1C. The molecule has 23 heavy (non-hydrogen) atoms. The van der Waals surface area contributed by atoms with E-state index < -0.39 is 0 Å². The van der Waals surface area contributed by atoms with Crippen molar-refractivity contribution in [2.75, 3.05) is 6.54 Å². The average molecular weight is 313 g/mol. The molecule has 7 heteroatoms. The van der Waals surface area contributed by atoms with E-state index in [9.17, 15) is 9.59 Å². The van der Waals surface area contributed by atoms with Gasteiger partial charge in [0.1, 0.15) is 0 Å². The van der Waals surface area contributed by atoms with Crippen molar-refractivity contribution < 1.29 is 9.59 Å². The largest absolute Gasteiger partial charge is 0.345 e. The van der Waals surface area contributed by atoms with Gasteiger partial charge in [-0.05, 0) is 26.0 Å². The molecule has 120 valence electrons. The van der Waals surface area contributed by atoms with Crippen LogP contribution in [0, 0.1) is 6.92 Å². The summed E-state index contributed by atoms with van der Waals surface area (Å²) in [5.41, 5.74) is 4.38. The lowest BCUT2D eigenvalue weighted by Gasteiger charge is -2.13. The molecule has 0 saturated heterocycles. The number of carbonyl (C=O) groups is 2. The molecule has 0 bridgehead atoms. The topological polar surface area (TPSA) is 99.8 Å². The van der Waals surface area contributed by atoms with Crippen molar-refractivity contribution in [1.29, 1.82) is 0 Å². The molecule has 0 radical (unpaired) electrons. The molecule has 0 aliphatic carbocycles. The summed E-state index contributed by atoms with van der Waals surface area (Å²) in [5.74, 6) is -0.234. The Morgan fingerprint density at radius 3 is 2.91 bits per heavy atom. The predicted octanol–water partition coefficient (Wildman–Crippen LogP) is 0.891. The molecule has 1 aliphatic heterocycles. The molecule has 1 amide bonds. The average Bonchev–Trinajstić information content (AvgIpc) is 2.96. The van der Waals surface area contributed by atoms with Gasteiger partial charge < -0.3 is 10.6 Å². The van der Waals surface area contributed by atoms with Crippen LogP contribution in [-0.2, 0) is 19.5 Å². The number of H-pyrrole nitrogens is 1. The van der Waals surface area contributed by atoms with Gasteiger partial charge in [0, 0.05) is 42.0 Å². The van der Waals surface area contributed by atoms with E-state index in [0.717, 1.165) is 24.2 Å². The fourth-order valence-electron chi connectivity index (χ4n) is 2.75. The highest BCUT2D eigenvalue weighted by molar-refractivity contribution is 5.95. The Morgan fingerprint density at radius 2 is 2.17 bits per heavy atom. The van der Waals surface area contributed by atoms with Crippen molar-refractivity contribution in [3.63, 3.8) is 0 Å². The number of hydrogen-bond donors (Lipinski definition) is 3. The van der Waals surface area contributed by atoms with Crippen molar-refractivity contribution in [2.24, 2.45) is 0 Å². The number of nitrogens with one attached hydrogen (secondary N) is 3. The lowest BCUT2D eigenvalue weighted by molar-refractivity contribution is 0.0943. The van der Waals surface area contributed by atoms with Gasteiger partial charge >= 0.3 is 0 Å². The molecule has 0 spiro atoms. The van der Waals surface area contributed by atoms with E-state index in [1.165, 1.54) is 6.92 Å². The van der Waals surface area contributed by atoms with Crippen LogP contribution in [0.2, 0.25) is 0 Å². The first-order valence-electron chi connectivity index (χ1n) is 7.58. The van der Waals surface area contributed by atoms with E-state index in [1.54, 1.807) is 19.1 Å². The first-order chi connectivity index (χ1) is 11.1. The molecule has 0 unspecified atom stereocenters. The number of ketones is 1. The summed E-state index contributed by atoms with van der Waals surface area (Å²) in [7, 11) is 0. The molecule has 3 N–H and O–H groups in total. The van der Waals surface area contributed by atoms with Crippen molar-refractivity contribution in [1.82, 2.24) is 25.8 Å². The van der Waals surface area contributed by atoms with Crippen LogP contribution in [0.4, 0.5) is 0 Å². The summed E-state index contributed by atoms with van der Waals surface area (Å²) >= 11 is 0. The maximum atomic E-state index is 12.3. The van der Waals surface area contributed by atoms with Crippen LogP contribution in [0.25, 0.3) is 0 Å². The van der Waals surface area contributed by atoms with E-state index in [-0.39, 0.29) is 11.7 Å². The number of aromatic nitrogens is 3. The number of aromatic amines is 1. The van der Waals surface area contributed by atoms with Crippen molar-refractivity contribution in [3.05, 3.63) is 46.0 Å². The summed E-state index contributed by atoms with van der Waals surface area (Å²) in [6, 6.07) is 3.50. The van der Waals surface area contributed by atoms with Crippen molar-refractivity contribution in [2.45, 2.75) is 33.4 Å². The molecule has 0 fully saturated rings. The quantitative estimate of drug-likeness (QED) is 0.728. The molecule has 0 aromatic carbocycles. The molecule has 0 atom stereocenters. The van der Waals surface area contributed by atoms with Crippen molar-refractivity contribution in [3.8, 4) is 0 Å². The van der Waals surface area contributed by atoms with Gasteiger partial charge in [0.25, 0.3) is 5.91 Å². The number of hydrogen-bond acceptors (Lipinski definition) is 5. The van der Waals surface area contributed by atoms with Gasteiger partial charge in [0.05, 0.1) is 12.2 Å². The molecule has 0 saturated carbocycles. The second-order valence-corrected chi connectivity index (χ2v) is 5.63. The predicted molar refractivity (Wildman–Crippen MR) is 84.1 cm³/mol. The fourth-order valence-corrected chi connectivity index (χ4v) is 2.75. The molecule has 3 heterocycles. The van der Waals surface area contributed by atoms with E-state index in [1.807, 2.05) is 0 Å². The summed E-state index contributed by atoms with van der Waals surface area (Å²) in [4.78, 5) is 28.1. The van der Waals surface area contributed by atoms with Crippen LogP contribution < -0.4 is 10.6 Å². The third-order valence-electron chi connectivity index (χ3n) is 3.97. The first-order valence-corrected chi connectivity index (χ1v) is 7.58. The van der Waals surface area contributed by atoms with Gasteiger partial charge in [0.2, 0.25) is 0 Å². The standard InChI is InChI=1S/C16H19N5O2/c1-9-12(10(2)22)4-3-11(19-9)7-18-16(23)15-13-8-17-6-5-14(13)20-21-15/h3-4,17H,5-8H2,1-2H3,(H,18,23)(H,20,21).